The van der Waals surface area contributed by atoms with Gasteiger partial charge in [-0.2, -0.15) is 14.7 Å². The molecule has 0 saturated heterocycles. The van der Waals surface area contributed by atoms with E-state index in [-0.39, 0.29) is 0 Å². The van der Waals surface area contributed by atoms with Crippen molar-refractivity contribution in [2.75, 3.05) is 0 Å². The van der Waals surface area contributed by atoms with Crippen LogP contribution >= 0.6 is 0 Å². The monoisotopic (exact) mass is 195 g/mol. The van der Waals surface area contributed by atoms with Crippen molar-refractivity contribution in [3.05, 3.63) is 31.3 Å². The van der Waals surface area contributed by atoms with Crippen LogP contribution in [0.1, 0.15) is 0 Å². The van der Waals surface area contributed by atoms with Gasteiger partial charge in [-0.25, -0.2) is 0 Å². The van der Waals surface area contributed by atoms with Crippen LogP contribution in [0.25, 0.3) is 31.3 Å². The number of hydrazone groups is 1. The van der Waals surface area contributed by atoms with Crippen LogP contribution in [0.15, 0.2) is 20.8 Å². The average Bonchev–Trinajstić information content (AvgIpc) is 2.52. The van der Waals surface area contributed by atoms with Crippen molar-refractivity contribution >= 4 is 6.34 Å². The zero-order chi connectivity index (χ0) is 10.4. The third-order valence-corrected chi connectivity index (χ3v) is 0.973. The molecular formula is CHN13. The number of hydrazine groups is 2. The Balaban J connectivity index is 2.94. The van der Waals surface area contributed by atoms with Crippen molar-refractivity contribution in [1.82, 2.24) is 15.6 Å². The van der Waals surface area contributed by atoms with Gasteiger partial charge in [-0.15, -0.1) is 16.6 Å². The highest BCUT2D eigenvalue weighted by molar-refractivity contribution is 5.54. The molecule has 13 heteroatoms. The molecule has 0 unspecified atom stereocenters. The van der Waals surface area contributed by atoms with E-state index in [2.05, 4.69) is 35.5 Å². The van der Waals surface area contributed by atoms with E-state index in [1.165, 1.54) is 0 Å². The van der Waals surface area contributed by atoms with Gasteiger partial charge in [-0.3, -0.25) is 0 Å². The number of hydrogen-bond donors (Lipinski definition) is 0. The Bertz CT molecular complexity index is 342. The van der Waals surface area contributed by atoms with E-state index in [1.807, 2.05) is 0 Å². The number of rotatable bonds is 3. The van der Waals surface area contributed by atoms with Crippen LogP contribution < -0.4 is 0 Å². The fraction of sp³-hybridized carbons (Fsp3) is 0. The van der Waals surface area contributed by atoms with Crippen molar-refractivity contribution in [2.24, 2.45) is 20.8 Å². The third kappa shape index (κ3) is 1.60. The van der Waals surface area contributed by atoms with Crippen LogP contribution in [0.5, 0.6) is 0 Å². The van der Waals surface area contributed by atoms with Crippen LogP contribution in [0, 0.1) is 0 Å². The van der Waals surface area contributed by atoms with E-state index in [9.17, 15) is 0 Å². The van der Waals surface area contributed by atoms with Gasteiger partial charge in [0.2, 0.25) is 0 Å². The first kappa shape index (κ1) is 9.09. The maximum Gasteiger partial charge on any atom is 0.283 e. The van der Waals surface area contributed by atoms with Gasteiger partial charge in [0, 0.05) is 15.4 Å². The first-order valence-corrected chi connectivity index (χ1v) is 2.92. The zero-order valence-corrected chi connectivity index (χ0v) is 6.39. The number of azide groups is 3. The van der Waals surface area contributed by atoms with Crippen molar-refractivity contribution < 1.29 is 0 Å². The molecule has 1 heterocycles. The second-order valence-corrected chi connectivity index (χ2v) is 1.62. The summed E-state index contributed by atoms with van der Waals surface area (Å²) in [6.45, 7) is 0. The minimum Gasteiger partial charge on any atom is -0.165 e. The van der Waals surface area contributed by atoms with Crippen LogP contribution in [-0.4, -0.2) is 21.9 Å². The Morgan fingerprint density at radius 2 is 1.64 bits per heavy atom. The molecule has 1 aliphatic rings. The average molecular weight is 195 g/mol. The highest BCUT2D eigenvalue weighted by Crippen LogP contribution is 2.12. The van der Waals surface area contributed by atoms with E-state index in [4.69, 9.17) is 16.6 Å². The van der Waals surface area contributed by atoms with Gasteiger partial charge in [0.25, 0.3) is 6.34 Å². The molecule has 1 rings (SSSR count). The maximum absolute atomic E-state index is 8.14. The molecule has 0 bridgehead atoms. The maximum atomic E-state index is 8.14. The summed E-state index contributed by atoms with van der Waals surface area (Å²) in [6, 6.07) is 0. The minimum atomic E-state index is 0.592. The molecule has 0 aromatic heterocycles. The summed E-state index contributed by atoms with van der Waals surface area (Å²) in [6.07, 6.45) is 0.989. The Labute approximate surface area is 75.1 Å². The molecular weight excluding hydrogens is 194 g/mol. The summed E-state index contributed by atoms with van der Waals surface area (Å²) in [4.78, 5) is 7.22. The Kier molecular flexibility index (Phi) is 2.68. The number of hydrogen-bond acceptors (Lipinski definition) is 4. The van der Waals surface area contributed by atoms with Crippen LogP contribution in [0.2, 0.25) is 0 Å². The topological polar surface area (TPSA) is 168 Å². The molecule has 14 heavy (non-hydrogen) atoms. The van der Waals surface area contributed by atoms with Gasteiger partial charge >= 0.3 is 0 Å². The first-order valence-electron chi connectivity index (χ1n) is 2.92. The zero-order valence-electron chi connectivity index (χ0n) is 6.39. The Hall–Kier alpha value is -3.00. The van der Waals surface area contributed by atoms with Crippen LogP contribution in [-0.2, 0) is 0 Å². The lowest BCUT2D eigenvalue weighted by atomic mass is 11.3. The summed E-state index contributed by atoms with van der Waals surface area (Å²) < 4.78 is 0. The van der Waals surface area contributed by atoms with Gasteiger partial charge < -0.3 is 0 Å². The molecule has 1 aliphatic heterocycles. The molecule has 0 aromatic carbocycles. The van der Waals surface area contributed by atoms with Crippen molar-refractivity contribution in [3.8, 4) is 0 Å². The van der Waals surface area contributed by atoms with E-state index >= 15 is 0 Å². The first-order chi connectivity index (χ1) is 6.83. The quantitative estimate of drug-likeness (QED) is 0.376. The van der Waals surface area contributed by atoms with Crippen molar-refractivity contribution in [3.63, 3.8) is 0 Å². The fourth-order valence-electron chi connectivity index (χ4n) is 0.574. The van der Waals surface area contributed by atoms with E-state index in [1.54, 1.807) is 0 Å². The smallest absolute Gasteiger partial charge is 0.165 e. The molecule has 0 amide bonds. The van der Waals surface area contributed by atoms with Crippen molar-refractivity contribution in [1.29, 1.82) is 0 Å². The minimum absolute atomic E-state index is 0.592. The molecule has 0 aliphatic carbocycles. The standard InChI is InChI=1S/CHN13/c2-6-9-12-1-5-13(10-7-3)14(12)11-8-4/h1H. The lowest BCUT2D eigenvalue weighted by molar-refractivity contribution is -0.125. The molecule has 0 spiro atoms. The molecule has 0 radical (unpaired) electrons. The van der Waals surface area contributed by atoms with Gasteiger partial charge in [0.05, 0.1) is 10.4 Å². The second kappa shape index (κ2) is 4.13. The van der Waals surface area contributed by atoms with Gasteiger partial charge in [-0.05, 0) is 0 Å². The lowest BCUT2D eigenvalue weighted by Crippen LogP contribution is -2.34. The van der Waals surface area contributed by atoms with E-state index in [0.717, 1.165) is 11.5 Å². The third-order valence-electron chi connectivity index (χ3n) is 0.973. The largest absolute Gasteiger partial charge is 0.283 e. The predicted octanol–water partition coefficient (Wildman–Crippen LogP) is 1.36. The van der Waals surface area contributed by atoms with Crippen LogP contribution in [0.3, 0.4) is 0 Å². The van der Waals surface area contributed by atoms with Gasteiger partial charge in [-0.1, -0.05) is 0 Å². The van der Waals surface area contributed by atoms with Crippen molar-refractivity contribution in [2.45, 2.75) is 0 Å². The molecule has 0 N–H and O–H groups in total. The van der Waals surface area contributed by atoms with E-state index in [0.29, 0.717) is 10.5 Å². The van der Waals surface area contributed by atoms with Gasteiger partial charge in [0.1, 0.15) is 5.23 Å². The summed E-state index contributed by atoms with van der Waals surface area (Å²) in [5.74, 6) is 0. The SMILES string of the molecule is [N-]=[N+]=NN1C=NN(N=[N+]=[N-])N1N=[N+]=[N-]. The van der Waals surface area contributed by atoms with E-state index < -0.39 is 0 Å². The Morgan fingerprint density at radius 3 is 2.21 bits per heavy atom. The fourth-order valence-corrected chi connectivity index (χ4v) is 0.574. The highest BCUT2D eigenvalue weighted by Gasteiger charge is 2.38. The molecule has 70 valence electrons. The Morgan fingerprint density at radius 1 is 1.00 bits per heavy atom. The summed E-state index contributed by atoms with van der Waals surface area (Å²) >= 11 is 0. The molecule has 0 saturated carbocycles. The normalized spacial score (nSPS) is 13.0. The molecule has 0 fully saturated rings. The molecule has 0 atom stereocenters. The second-order valence-electron chi connectivity index (χ2n) is 1.62. The molecule has 13 nitrogen and oxygen atoms in total. The highest BCUT2D eigenvalue weighted by atomic mass is 16.2. The predicted molar refractivity (Wildman–Crippen MR) is 41.4 cm³/mol. The lowest BCUT2D eigenvalue weighted by Gasteiger charge is -2.04. The summed E-state index contributed by atoms with van der Waals surface area (Å²) in [5.41, 5.74) is 24.3. The molecule has 0 aromatic rings. The van der Waals surface area contributed by atoms with Crippen LogP contribution in [0.4, 0.5) is 0 Å². The number of nitrogens with zero attached hydrogens (tertiary/aromatic N) is 13. The summed E-state index contributed by atoms with van der Waals surface area (Å²) in [5, 5.41) is 14.5. The van der Waals surface area contributed by atoms with Gasteiger partial charge in [0.15, 0.2) is 5.23 Å². The summed E-state index contributed by atoms with van der Waals surface area (Å²) in [7, 11) is 0.